The largest absolute Gasteiger partial charge is 0.508 e. The monoisotopic (exact) mass is 527 g/mol. The van der Waals surface area contributed by atoms with Crippen LogP contribution in [0.5, 0.6) is 5.75 Å². The first-order valence-electron chi connectivity index (χ1n) is 13.9. The number of hydrogen-bond donors (Lipinski definition) is 1. The zero-order valence-corrected chi connectivity index (χ0v) is 22.3. The third-order valence-electron chi connectivity index (χ3n) is 7.79. The molecule has 5 rings (SSSR count). The lowest BCUT2D eigenvalue weighted by Crippen LogP contribution is -2.70. The topological polar surface area (TPSA) is 73.3 Å². The Hall–Kier alpha value is -3.84. The highest BCUT2D eigenvalue weighted by atomic mass is 16.6. The van der Waals surface area contributed by atoms with Gasteiger partial charge in [0.2, 0.25) is 5.91 Å². The van der Waals surface area contributed by atoms with E-state index >= 15 is 0 Å². The molecule has 0 spiro atoms. The molecule has 0 radical (unpaired) electrons. The Bertz CT molecular complexity index is 1220. The fourth-order valence-electron chi connectivity index (χ4n) is 5.67. The summed E-state index contributed by atoms with van der Waals surface area (Å²) in [6, 6.07) is 27.2. The molecule has 0 saturated carbocycles. The molecule has 2 saturated heterocycles. The van der Waals surface area contributed by atoms with Crippen molar-refractivity contribution >= 4 is 12.0 Å². The second kappa shape index (κ2) is 12.8. The Kier molecular flexibility index (Phi) is 8.78. The Morgan fingerprint density at radius 1 is 0.821 bits per heavy atom. The van der Waals surface area contributed by atoms with Gasteiger partial charge >= 0.3 is 6.09 Å². The van der Waals surface area contributed by atoms with E-state index in [9.17, 15) is 14.7 Å². The Morgan fingerprint density at radius 3 is 2.15 bits per heavy atom. The molecule has 7 heteroatoms. The van der Waals surface area contributed by atoms with Gasteiger partial charge in [-0.3, -0.25) is 14.6 Å². The lowest BCUT2D eigenvalue weighted by molar-refractivity contribution is -0.154. The molecular formula is C32H37N3O4. The summed E-state index contributed by atoms with van der Waals surface area (Å²) < 4.78 is 5.71. The Balaban J connectivity index is 1.28. The van der Waals surface area contributed by atoms with Gasteiger partial charge in [-0.25, -0.2) is 4.79 Å². The van der Waals surface area contributed by atoms with Crippen LogP contribution < -0.4 is 0 Å². The molecule has 2 amide bonds. The number of phenolic OH excluding ortho intramolecular Hbond substituents is 1. The van der Waals surface area contributed by atoms with Crippen molar-refractivity contribution < 1.29 is 19.4 Å². The number of rotatable bonds is 9. The predicted octanol–water partition coefficient (Wildman–Crippen LogP) is 4.49. The van der Waals surface area contributed by atoms with Crippen LogP contribution in [-0.4, -0.2) is 76.8 Å². The van der Waals surface area contributed by atoms with Crippen LogP contribution in [0.3, 0.4) is 0 Å². The Labute approximate surface area is 230 Å². The maximum Gasteiger partial charge on any atom is 0.411 e. The van der Waals surface area contributed by atoms with Crippen molar-refractivity contribution in [2.24, 2.45) is 0 Å². The zero-order valence-electron chi connectivity index (χ0n) is 22.3. The van der Waals surface area contributed by atoms with E-state index in [-0.39, 0.29) is 36.6 Å². The number of hydrogen-bond acceptors (Lipinski definition) is 5. The number of nitrogens with zero attached hydrogens (tertiary/aromatic N) is 3. The van der Waals surface area contributed by atoms with E-state index in [1.807, 2.05) is 58.3 Å². The van der Waals surface area contributed by atoms with E-state index in [2.05, 4.69) is 29.2 Å². The van der Waals surface area contributed by atoms with Crippen LogP contribution in [-0.2, 0) is 28.8 Å². The number of piperazine rings is 1. The molecule has 0 unspecified atom stereocenters. The smallest absolute Gasteiger partial charge is 0.411 e. The average molecular weight is 528 g/mol. The molecule has 39 heavy (non-hydrogen) atoms. The first-order chi connectivity index (χ1) is 19.1. The molecule has 2 aliphatic heterocycles. The van der Waals surface area contributed by atoms with E-state index < -0.39 is 0 Å². The van der Waals surface area contributed by atoms with Gasteiger partial charge in [-0.1, -0.05) is 72.8 Å². The number of fused-ring (bicyclic) bond motifs is 1. The number of aryl methyl sites for hydroxylation is 1. The summed E-state index contributed by atoms with van der Waals surface area (Å²) in [6.07, 6.45) is 3.16. The van der Waals surface area contributed by atoms with Crippen LogP contribution in [0, 0.1) is 0 Å². The molecule has 1 N–H and O–H groups in total. The van der Waals surface area contributed by atoms with Gasteiger partial charge in [-0.2, -0.15) is 0 Å². The highest BCUT2D eigenvalue weighted by molar-refractivity contribution is 5.83. The molecule has 0 bridgehead atoms. The highest BCUT2D eigenvalue weighted by Crippen LogP contribution is 2.28. The van der Waals surface area contributed by atoms with Crippen LogP contribution in [0.25, 0.3) is 0 Å². The van der Waals surface area contributed by atoms with Gasteiger partial charge in [0, 0.05) is 26.1 Å². The lowest BCUT2D eigenvalue weighted by Gasteiger charge is -2.52. The van der Waals surface area contributed by atoms with Crippen molar-refractivity contribution in [3.8, 4) is 5.75 Å². The van der Waals surface area contributed by atoms with Gasteiger partial charge in [0.15, 0.2) is 0 Å². The summed E-state index contributed by atoms with van der Waals surface area (Å²) in [6.45, 7) is 2.78. The van der Waals surface area contributed by atoms with E-state index in [0.29, 0.717) is 32.5 Å². The summed E-state index contributed by atoms with van der Waals surface area (Å²) in [7, 11) is 0. The molecule has 204 valence electrons. The first kappa shape index (κ1) is 26.8. The molecule has 3 aromatic rings. The number of aromatic hydroxyl groups is 1. The molecule has 2 fully saturated rings. The Morgan fingerprint density at radius 2 is 1.46 bits per heavy atom. The molecule has 2 aliphatic rings. The highest BCUT2D eigenvalue weighted by Gasteiger charge is 2.45. The molecule has 2 heterocycles. The standard InChI is InChI=1S/C32H37N3O4/c36-28-15-12-27(13-16-28)19-23-39-32(38)35-21-7-20-34-29(17-14-25-8-3-1-4-9-25)31(37)33(24-30(34)35)22-18-26-10-5-2-6-11-26/h1-6,8-13,15-16,29-30,36H,7,14,17-24H2/t29-,30-/m0/s1. The number of phenols is 1. The van der Waals surface area contributed by atoms with Gasteiger partial charge in [0.1, 0.15) is 11.9 Å². The van der Waals surface area contributed by atoms with Gasteiger partial charge in [0.05, 0.1) is 19.2 Å². The van der Waals surface area contributed by atoms with Crippen LogP contribution in [0.2, 0.25) is 0 Å². The summed E-state index contributed by atoms with van der Waals surface area (Å²) in [5, 5.41) is 9.49. The maximum atomic E-state index is 13.8. The van der Waals surface area contributed by atoms with Gasteiger partial charge in [0.25, 0.3) is 0 Å². The van der Waals surface area contributed by atoms with Gasteiger partial charge < -0.3 is 14.7 Å². The SMILES string of the molecule is O=C1[C@H](CCc2ccccc2)N2CCCN(C(=O)OCCc3ccc(O)cc3)[C@H]2CN1CCc1ccccc1. The van der Waals surface area contributed by atoms with Crippen LogP contribution >= 0.6 is 0 Å². The number of ether oxygens (including phenoxy) is 1. The maximum absolute atomic E-state index is 13.8. The van der Waals surface area contributed by atoms with Gasteiger partial charge in [-0.05, 0) is 54.5 Å². The van der Waals surface area contributed by atoms with Crippen molar-refractivity contribution in [1.82, 2.24) is 14.7 Å². The zero-order chi connectivity index (χ0) is 27.0. The van der Waals surface area contributed by atoms with Crippen LogP contribution in [0.1, 0.15) is 29.5 Å². The minimum Gasteiger partial charge on any atom is -0.508 e. The second-order valence-corrected chi connectivity index (χ2v) is 10.4. The molecule has 7 nitrogen and oxygen atoms in total. The summed E-state index contributed by atoms with van der Waals surface area (Å²) >= 11 is 0. The number of carbonyl (C=O) groups is 2. The quantitative estimate of drug-likeness (QED) is 0.444. The van der Waals surface area contributed by atoms with E-state index in [4.69, 9.17) is 4.74 Å². The lowest BCUT2D eigenvalue weighted by atomic mass is 9.97. The summed E-state index contributed by atoms with van der Waals surface area (Å²) in [5.41, 5.74) is 3.41. The van der Waals surface area contributed by atoms with Gasteiger partial charge in [-0.15, -0.1) is 0 Å². The molecular weight excluding hydrogens is 490 g/mol. The van der Waals surface area contributed by atoms with E-state index in [1.165, 1.54) is 11.1 Å². The normalized spacial score (nSPS) is 19.5. The number of benzene rings is 3. The minimum absolute atomic E-state index is 0.153. The third kappa shape index (κ3) is 6.79. The van der Waals surface area contributed by atoms with E-state index in [1.54, 1.807) is 12.1 Å². The molecule has 3 aromatic carbocycles. The van der Waals surface area contributed by atoms with Crippen molar-refractivity contribution in [2.75, 3.05) is 32.8 Å². The predicted molar refractivity (Wildman–Crippen MR) is 150 cm³/mol. The molecule has 2 atom stereocenters. The number of carbonyl (C=O) groups excluding carboxylic acids is 2. The number of amides is 2. The van der Waals surface area contributed by atoms with Crippen LogP contribution in [0.15, 0.2) is 84.9 Å². The second-order valence-electron chi connectivity index (χ2n) is 10.4. The summed E-state index contributed by atoms with van der Waals surface area (Å²) in [5.74, 6) is 0.371. The minimum atomic E-state index is -0.331. The molecule has 0 aliphatic carbocycles. The molecule has 0 aromatic heterocycles. The third-order valence-corrected chi connectivity index (χ3v) is 7.79. The first-order valence-corrected chi connectivity index (χ1v) is 13.9. The fraction of sp³-hybridized carbons (Fsp3) is 0.375. The van der Waals surface area contributed by atoms with Crippen LogP contribution in [0.4, 0.5) is 4.79 Å². The average Bonchev–Trinajstić information content (AvgIpc) is 2.97. The van der Waals surface area contributed by atoms with Crippen molar-refractivity contribution in [3.05, 3.63) is 102 Å². The summed E-state index contributed by atoms with van der Waals surface area (Å²) in [4.78, 5) is 33.1. The van der Waals surface area contributed by atoms with Crippen molar-refractivity contribution in [1.29, 1.82) is 0 Å². The van der Waals surface area contributed by atoms with Crippen molar-refractivity contribution in [2.45, 2.75) is 44.3 Å². The van der Waals surface area contributed by atoms with Crippen molar-refractivity contribution in [3.63, 3.8) is 0 Å². The fourth-order valence-corrected chi connectivity index (χ4v) is 5.67. The van der Waals surface area contributed by atoms with E-state index in [0.717, 1.165) is 31.4 Å².